The minimum atomic E-state index is -0.341. The fourth-order valence-corrected chi connectivity index (χ4v) is 3.00. The molecule has 0 saturated carbocycles. The Morgan fingerprint density at radius 3 is 2.89 bits per heavy atom. The lowest BCUT2D eigenvalue weighted by molar-refractivity contribution is 0.413. The molecule has 1 aromatic heterocycles. The Bertz CT molecular complexity index is 754. The number of ether oxygens (including phenoxy) is 1. The van der Waals surface area contributed by atoms with Crippen LogP contribution in [0.25, 0.3) is 20.8 Å². The molecule has 0 fully saturated rings. The highest BCUT2D eigenvalue weighted by atomic mass is 32.1. The summed E-state index contributed by atoms with van der Waals surface area (Å²) in [5.74, 6) is 0.137. The van der Waals surface area contributed by atoms with Crippen LogP contribution >= 0.6 is 11.3 Å². The molecule has 0 amide bonds. The Hall–Kier alpha value is -2.14. The van der Waals surface area contributed by atoms with Crippen molar-refractivity contribution in [2.24, 2.45) is 0 Å². The van der Waals surface area contributed by atoms with Gasteiger partial charge in [0.15, 0.2) is 0 Å². The first-order valence-corrected chi connectivity index (χ1v) is 6.49. The second-order valence-corrected chi connectivity index (χ2v) is 5.09. The highest BCUT2D eigenvalue weighted by Gasteiger charge is 2.15. The zero-order valence-corrected chi connectivity index (χ0v) is 11.0. The van der Waals surface area contributed by atoms with E-state index in [1.165, 1.54) is 24.5 Å². The standard InChI is InChI=1S/C14H11FN2OS/c1-18-11-4-2-3-9(15)13(11)14-17-10-6-5-8(16)7-12(10)19-14/h2-7H,16H2,1H3. The van der Waals surface area contributed by atoms with Crippen molar-refractivity contribution in [3.05, 3.63) is 42.2 Å². The van der Waals surface area contributed by atoms with Gasteiger partial charge < -0.3 is 10.5 Å². The van der Waals surface area contributed by atoms with E-state index in [1.807, 2.05) is 12.1 Å². The first-order chi connectivity index (χ1) is 9.19. The average molecular weight is 274 g/mol. The fraction of sp³-hybridized carbons (Fsp3) is 0.0714. The largest absolute Gasteiger partial charge is 0.496 e. The third kappa shape index (κ3) is 2.02. The third-order valence-corrected chi connectivity index (χ3v) is 3.86. The van der Waals surface area contributed by atoms with E-state index >= 15 is 0 Å². The molecule has 96 valence electrons. The maximum atomic E-state index is 14.0. The summed E-state index contributed by atoms with van der Waals surface area (Å²) in [4.78, 5) is 4.44. The molecule has 0 spiro atoms. The van der Waals surface area contributed by atoms with E-state index in [4.69, 9.17) is 10.5 Å². The highest BCUT2D eigenvalue weighted by Crippen LogP contribution is 2.37. The van der Waals surface area contributed by atoms with Gasteiger partial charge in [0.2, 0.25) is 0 Å². The number of hydrogen-bond acceptors (Lipinski definition) is 4. The summed E-state index contributed by atoms with van der Waals surface area (Å²) in [5, 5.41) is 0.593. The highest BCUT2D eigenvalue weighted by molar-refractivity contribution is 7.21. The van der Waals surface area contributed by atoms with Crippen molar-refractivity contribution >= 4 is 27.2 Å². The van der Waals surface area contributed by atoms with E-state index in [0.717, 1.165) is 10.2 Å². The molecule has 19 heavy (non-hydrogen) atoms. The number of methoxy groups -OCH3 is 1. The van der Waals surface area contributed by atoms with Crippen LogP contribution in [0.5, 0.6) is 5.75 Å². The minimum absolute atomic E-state index is 0.341. The van der Waals surface area contributed by atoms with Gasteiger partial charge in [-0.15, -0.1) is 11.3 Å². The summed E-state index contributed by atoms with van der Waals surface area (Å²) in [7, 11) is 1.52. The molecule has 0 aliphatic carbocycles. The molecule has 0 unspecified atom stereocenters. The zero-order valence-electron chi connectivity index (χ0n) is 10.2. The molecular formula is C14H11FN2OS. The van der Waals surface area contributed by atoms with Crippen LogP contribution in [-0.2, 0) is 0 Å². The van der Waals surface area contributed by atoms with E-state index in [0.29, 0.717) is 22.0 Å². The van der Waals surface area contributed by atoms with Crippen molar-refractivity contribution in [1.82, 2.24) is 4.98 Å². The summed E-state index contributed by atoms with van der Waals surface area (Å²) < 4.78 is 20.1. The molecule has 3 aromatic rings. The molecule has 0 aliphatic rings. The number of thiazole rings is 1. The minimum Gasteiger partial charge on any atom is -0.496 e. The summed E-state index contributed by atoms with van der Waals surface area (Å²) >= 11 is 1.40. The van der Waals surface area contributed by atoms with E-state index in [2.05, 4.69) is 4.98 Å². The fourth-order valence-electron chi connectivity index (χ4n) is 1.93. The van der Waals surface area contributed by atoms with E-state index in [1.54, 1.807) is 18.2 Å². The molecule has 5 heteroatoms. The molecule has 0 aliphatic heterocycles. The lowest BCUT2D eigenvalue weighted by Gasteiger charge is -2.06. The number of nitrogen functional groups attached to an aromatic ring is 1. The van der Waals surface area contributed by atoms with E-state index in [9.17, 15) is 4.39 Å². The van der Waals surface area contributed by atoms with Crippen LogP contribution in [0, 0.1) is 5.82 Å². The topological polar surface area (TPSA) is 48.1 Å². The maximum absolute atomic E-state index is 14.0. The van der Waals surface area contributed by atoms with Gasteiger partial charge in [0.05, 0.1) is 22.9 Å². The Morgan fingerprint density at radius 1 is 1.26 bits per heavy atom. The van der Waals surface area contributed by atoms with Crippen molar-refractivity contribution in [2.45, 2.75) is 0 Å². The van der Waals surface area contributed by atoms with Crippen LogP contribution in [0.3, 0.4) is 0 Å². The number of anilines is 1. The lowest BCUT2D eigenvalue weighted by atomic mass is 10.2. The van der Waals surface area contributed by atoms with Gasteiger partial charge in [-0.3, -0.25) is 0 Å². The molecule has 2 N–H and O–H groups in total. The number of nitrogens with two attached hydrogens (primary N) is 1. The van der Waals surface area contributed by atoms with Gasteiger partial charge in [-0.05, 0) is 30.3 Å². The van der Waals surface area contributed by atoms with Crippen LogP contribution < -0.4 is 10.5 Å². The molecular weight excluding hydrogens is 263 g/mol. The first kappa shape index (κ1) is 11.9. The van der Waals surface area contributed by atoms with Crippen molar-refractivity contribution in [1.29, 1.82) is 0 Å². The van der Waals surface area contributed by atoms with Crippen molar-refractivity contribution in [3.8, 4) is 16.3 Å². The Kier molecular flexibility index (Phi) is 2.83. The smallest absolute Gasteiger partial charge is 0.137 e. The van der Waals surface area contributed by atoms with Gasteiger partial charge in [-0.1, -0.05) is 6.07 Å². The number of hydrogen-bond donors (Lipinski definition) is 1. The van der Waals surface area contributed by atoms with Crippen LogP contribution in [0.4, 0.5) is 10.1 Å². The van der Waals surface area contributed by atoms with E-state index < -0.39 is 0 Å². The van der Waals surface area contributed by atoms with Gasteiger partial charge in [0.25, 0.3) is 0 Å². The molecule has 1 heterocycles. The monoisotopic (exact) mass is 274 g/mol. The van der Waals surface area contributed by atoms with Crippen molar-refractivity contribution in [2.75, 3.05) is 12.8 Å². The Morgan fingerprint density at radius 2 is 2.11 bits per heavy atom. The summed E-state index contributed by atoms with van der Waals surface area (Å²) in [6.45, 7) is 0. The second-order valence-electron chi connectivity index (χ2n) is 4.06. The average Bonchev–Trinajstić information content (AvgIpc) is 2.80. The van der Waals surface area contributed by atoms with Crippen molar-refractivity contribution in [3.63, 3.8) is 0 Å². The predicted octanol–water partition coefficient (Wildman–Crippen LogP) is 3.69. The lowest BCUT2D eigenvalue weighted by Crippen LogP contribution is -1.90. The van der Waals surface area contributed by atoms with E-state index in [-0.39, 0.29) is 5.82 Å². The molecule has 3 nitrogen and oxygen atoms in total. The molecule has 0 radical (unpaired) electrons. The Labute approximate surface area is 113 Å². The van der Waals surface area contributed by atoms with Gasteiger partial charge in [-0.2, -0.15) is 0 Å². The number of halogens is 1. The molecule has 0 bridgehead atoms. The summed E-state index contributed by atoms with van der Waals surface area (Å²) in [6, 6.07) is 10.2. The number of aromatic nitrogens is 1. The number of benzene rings is 2. The quantitative estimate of drug-likeness (QED) is 0.725. The van der Waals surface area contributed by atoms with Gasteiger partial charge in [-0.25, -0.2) is 9.37 Å². The molecule has 2 aromatic carbocycles. The number of nitrogens with zero attached hydrogens (tertiary/aromatic N) is 1. The van der Waals surface area contributed by atoms with Crippen LogP contribution in [0.15, 0.2) is 36.4 Å². The second kappa shape index (κ2) is 4.51. The number of rotatable bonds is 2. The normalized spacial score (nSPS) is 10.8. The zero-order chi connectivity index (χ0) is 13.4. The van der Waals surface area contributed by atoms with Crippen LogP contribution in [0.2, 0.25) is 0 Å². The predicted molar refractivity (Wildman–Crippen MR) is 76.0 cm³/mol. The van der Waals surface area contributed by atoms with Gasteiger partial charge >= 0.3 is 0 Å². The first-order valence-electron chi connectivity index (χ1n) is 5.68. The van der Waals surface area contributed by atoms with Gasteiger partial charge in [0, 0.05) is 5.69 Å². The molecule has 0 saturated heterocycles. The Balaban J connectivity index is 2.24. The summed E-state index contributed by atoms with van der Waals surface area (Å²) in [5.41, 5.74) is 7.61. The third-order valence-electron chi connectivity index (χ3n) is 2.82. The summed E-state index contributed by atoms with van der Waals surface area (Å²) in [6.07, 6.45) is 0. The SMILES string of the molecule is COc1cccc(F)c1-c1nc2ccc(N)cc2s1. The molecule has 3 rings (SSSR count). The van der Waals surface area contributed by atoms with Crippen LogP contribution in [-0.4, -0.2) is 12.1 Å². The van der Waals surface area contributed by atoms with Gasteiger partial charge in [0.1, 0.15) is 16.6 Å². The van der Waals surface area contributed by atoms with Crippen LogP contribution in [0.1, 0.15) is 0 Å². The number of fused-ring (bicyclic) bond motifs is 1. The van der Waals surface area contributed by atoms with Crippen molar-refractivity contribution < 1.29 is 9.13 Å². The maximum Gasteiger partial charge on any atom is 0.137 e. The molecule has 0 atom stereocenters.